The molecule has 1 N–H and O–H groups in total. The maximum absolute atomic E-state index is 10.6. The average Bonchev–Trinajstić information content (AvgIpc) is 2.47. The van der Waals surface area contributed by atoms with Crippen molar-refractivity contribution in [2.75, 3.05) is 6.54 Å². The van der Waals surface area contributed by atoms with Crippen molar-refractivity contribution < 1.29 is 6.22 Å². The highest BCUT2D eigenvalue weighted by atomic mass is 16.1. The predicted molar refractivity (Wildman–Crippen MR) is 45.4 cm³/mol. The van der Waals surface area contributed by atoms with Crippen molar-refractivity contribution in [3.63, 3.8) is 0 Å². The fourth-order valence-electron chi connectivity index (χ4n) is 2.55. The molecule has 2 rings (SSSR count). The zero-order chi connectivity index (χ0) is 7.68. The number of carbonyl (C=O) groups is 1. The molecule has 1 aliphatic carbocycles. The Morgan fingerprint density at radius 3 is 3.00 bits per heavy atom. The molecule has 1 saturated carbocycles. The first kappa shape index (κ1) is 7.29. The van der Waals surface area contributed by atoms with Crippen LogP contribution in [0.15, 0.2) is 0 Å². The first-order valence-electron chi connectivity index (χ1n) is 4.60. The molecule has 1 aliphatic heterocycles. The van der Waals surface area contributed by atoms with Gasteiger partial charge < -0.3 is 10.1 Å². The van der Waals surface area contributed by atoms with Gasteiger partial charge in [0.1, 0.15) is 6.29 Å². The third kappa shape index (κ3) is 1.20. The summed E-state index contributed by atoms with van der Waals surface area (Å²) >= 11 is 0. The summed E-state index contributed by atoms with van der Waals surface area (Å²) in [4.78, 5) is 10.6. The molecule has 0 amide bonds. The van der Waals surface area contributed by atoms with Gasteiger partial charge in [0.15, 0.2) is 0 Å². The van der Waals surface area contributed by atoms with E-state index in [2.05, 4.69) is 5.32 Å². The smallest absolute Gasteiger partial charge is 0.137 e. The molecule has 0 radical (unpaired) electrons. The summed E-state index contributed by atoms with van der Waals surface area (Å²) in [5.41, 5.74) is 0. The minimum absolute atomic E-state index is 0. The van der Waals surface area contributed by atoms with Crippen molar-refractivity contribution >= 4 is 6.29 Å². The van der Waals surface area contributed by atoms with E-state index in [1.165, 1.54) is 25.7 Å². The summed E-state index contributed by atoms with van der Waals surface area (Å²) in [6.07, 6.45) is 6.39. The Bertz CT molecular complexity index is 163. The number of aldehydes is 1. The molecule has 2 heteroatoms. The van der Waals surface area contributed by atoms with Crippen LogP contribution in [-0.2, 0) is 4.79 Å². The summed E-state index contributed by atoms with van der Waals surface area (Å²) in [5.74, 6) is 1.47. The van der Waals surface area contributed by atoms with E-state index < -0.39 is 0 Å². The standard InChI is InChI=1S/C9H15NO.H2/c11-6-9-8-4-2-1-3-7(8)5-10-9;/h6-10H,1-5H2;1H. The maximum atomic E-state index is 10.6. The topological polar surface area (TPSA) is 29.1 Å². The van der Waals surface area contributed by atoms with Crippen LogP contribution in [0.5, 0.6) is 0 Å². The molecule has 1 saturated heterocycles. The van der Waals surface area contributed by atoms with E-state index in [1.807, 2.05) is 0 Å². The Kier molecular flexibility index (Phi) is 1.95. The second-order valence-electron chi connectivity index (χ2n) is 3.78. The number of hydrogen-bond acceptors (Lipinski definition) is 2. The highest BCUT2D eigenvalue weighted by Crippen LogP contribution is 2.34. The van der Waals surface area contributed by atoms with E-state index in [1.54, 1.807) is 0 Å². The molecule has 2 nitrogen and oxygen atoms in total. The quantitative estimate of drug-likeness (QED) is 0.577. The van der Waals surface area contributed by atoms with E-state index >= 15 is 0 Å². The number of hydrogen-bond donors (Lipinski definition) is 1. The molecule has 3 unspecified atom stereocenters. The first-order valence-corrected chi connectivity index (χ1v) is 4.60. The molecule has 0 aromatic heterocycles. The minimum Gasteiger partial charge on any atom is -0.307 e. The van der Waals surface area contributed by atoms with Crippen LogP contribution in [-0.4, -0.2) is 18.9 Å². The van der Waals surface area contributed by atoms with Gasteiger partial charge in [-0.05, 0) is 31.2 Å². The van der Waals surface area contributed by atoms with E-state index in [4.69, 9.17) is 0 Å². The highest BCUT2D eigenvalue weighted by Gasteiger charge is 2.36. The second kappa shape index (κ2) is 2.94. The van der Waals surface area contributed by atoms with Gasteiger partial charge in [0.25, 0.3) is 0 Å². The van der Waals surface area contributed by atoms with E-state index in [9.17, 15) is 4.79 Å². The molecule has 11 heavy (non-hydrogen) atoms. The van der Waals surface area contributed by atoms with E-state index in [0.717, 1.165) is 18.7 Å². The fraction of sp³-hybridized carbons (Fsp3) is 0.889. The number of rotatable bonds is 1. The van der Waals surface area contributed by atoms with Gasteiger partial charge in [-0.15, -0.1) is 0 Å². The van der Waals surface area contributed by atoms with Crippen LogP contribution in [0.4, 0.5) is 0 Å². The third-order valence-electron chi connectivity index (χ3n) is 3.19. The molecule has 0 bridgehead atoms. The predicted octanol–water partition coefficient (Wildman–Crippen LogP) is 1.21. The average molecular weight is 155 g/mol. The Hall–Kier alpha value is -0.370. The SMILES string of the molecule is O=CC1NCC2CCCCC21.[HH]. The lowest BCUT2D eigenvalue weighted by atomic mass is 9.79. The summed E-state index contributed by atoms with van der Waals surface area (Å²) in [5, 5.41) is 3.28. The van der Waals surface area contributed by atoms with Crippen molar-refractivity contribution in [2.45, 2.75) is 31.7 Å². The van der Waals surface area contributed by atoms with Gasteiger partial charge >= 0.3 is 0 Å². The molecular formula is C9H17NO. The van der Waals surface area contributed by atoms with Gasteiger partial charge in [0.2, 0.25) is 0 Å². The van der Waals surface area contributed by atoms with Gasteiger partial charge in [-0.2, -0.15) is 0 Å². The van der Waals surface area contributed by atoms with Crippen LogP contribution in [0.25, 0.3) is 0 Å². The lowest BCUT2D eigenvalue weighted by Gasteiger charge is -2.25. The van der Waals surface area contributed by atoms with Crippen LogP contribution in [0.3, 0.4) is 0 Å². The maximum Gasteiger partial charge on any atom is 0.137 e. The van der Waals surface area contributed by atoms with Crippen LogP contribution >= 0.6 is 0 Å². The van der Waals surface area contributed by atoms with Gasteiger partial charge in [0, 0.05) is 1.43 Å². The Balaban J connectivity index is 0.000000720. The van der Waals surface area contributed by atoms with Crippen molar-refractivity contribution in [1.29, 1.82) is 0 Å². The molecule has 3 atom stereocenters. The number of nitrogens with one attached hydrogen (secondary N) is 1. The zero-order valence-corrected chi connectivity index (χ0v) is 6.75. The molecular weight excluding hydrogens is 138 g/mol. The monoisotopic (exact) mass is 155 g/mol. The molecule has 0 aromatic carbocycles. The lowest BCUT2D eigenvalue weighted by molar-refractivity contribution is -0.110. The zero-order valence-electron chi connectivity index (χ0n) is 6.75. The van der Waals surface area contributed by atoms with Crippen LogP contribution in [0, 0.1) is 11.8 Å². The van der Waals surface area contributed by atoms with Gasteiger partial charge in [0.05, 0.1) is 6.04 Å². The largest absolute Gasteiger partial charge is 0.307 e. The molecule has 64 valence electrons. The van der Waals surface area contributed by atoms with Gasteiger partial charge in [-0.1, -0.05) is 12.8 Å². The van der Waals surface area contributed by atoms with E-state index in [-0.39, 0.29) is 7.47 Å². The summed E-state index contributed by atoms with van der Waals surface area (Å²) in [6.45, 7) is 1.08. The van der Waals surface area contributed by atoms with Crippen molar-refractivity contribution in [1.82, 2.24) is 5.32 Å². The fourth-order valence-corrected chi connectivity index (χ4v) is 2.55. The Morgan fingerprint density at radius 2 is 2.18 bits per heavy atom. The van der Waals surface area contributed by atoms with Crippen LogP contribution < -0.4 is 5.32 Å². The van der Waals surface area contributed by atoms with E-state index in [0.29, 0.717) is 5.92 Å². The minimum atomic E-state index is 0. The number of fused-ring (bicyclic) bond motifs is 1. The summed E-state index contributed by atoms with van der Waals surface area (Å²) < 4.78 is 0. The van der Waals surface area contributed by atoms with Crippen molar-refractivity contribution in [3.8, 4) is 0 Å². The van der Waals surface area contributed by atoms with Gasteiger partial charge in [-0.25, -0.2) is 0 Å². The van der Waals surface area contributed by atoms with Crippen molar-refractivity contribution in [3.05, 3.63) is 0 Å². The summed E-state index contributed by atoms with van der Waals surface area (Å²) in [6, 6.07) is 0.181. The normalized spacial score (nSPS) is 43.5. The lowest BCUT2D eigenvalue weighted by Crippen LogP contribution is -2.29. The van der Waals surface area contributed by atoms with Crippen LogP contribution in [0.2, 0.25) is 0 Å². The highest BCUT2D eigenvalue weighted by molar-refractivity contribution is 5.59. The number of carbonyl (C=O) groups excluding carboxylic acids is 1. The second-order valence-corrected chi connectivity index (χ2v) is 3.78. The first-order chi connectivity index (χ1) is 5.42. The summed E-state index contributed by atoms with van der Waals surface area (Å²) in [7, 11) is 0. The van der Waals surface area contributed by atoms with Crippen molar-refractivity contribution in [2.24, 2.45) is 11.8 Å². The molecule has 2 fully saturated rings. The third-order valence-corrected chi connectivity index (χ3v) is 3.19. The molecule has 1 heterocycles. The Labute approximate surface area is 68.8 Å². The molecule has 2 aliphatic rings. The van der Waals surface area contributed by atoms with Gasteiger partial charge in [-0.3, -0.25) is 0 Å². The molecule has 0 spiro atoms. The van der Waals surface area contributed by atoms with Crippen LogP contribution in [0.1, 0.15) is 27.1 Å². The molecule has 0 aromatic rings. The Morgan fingerprint density at radius 1 is 1.36 bits per heavy atom.